The summed E-state index contributed by atoms with van der Waals surface area (Å²) >= 11 is 25.5. The van der Waals surface area contributed by atoms with Gasteiger partial charge in [-0.2, -0.15) is 5.10 Å². The van der Waals surface area contributed by atoms with E-state index < -0.39 is 11.9 Å². The van der Waals surface area contributed by atoms with E-state index in [1.165, 1.54) is 18.3 Å². The summed E-state index contributed by atoms with van der Waals surface area (Å²) in [6.07, 6.45) is 1.38. The van der Waals surface area contributed by atoms with Crippen LogP contribution in [-0.2, 0) is 0 Å². The number of aromatic amines is 1. The van der Waals surface area contributed by atoms with Crippen LogP contribution in [0.1, 0.15) is 26.4 Å². The Labute approximate surface area is 260 Å². The van der Waals surface area contributed by atoms with Gasteiger partial charge >= 0.3 is 5.97 Å². The van der Waals surface area contributed by atoms with Crippen molar-refractivity contribution >= 4 is 95.7 Å². The van der Waals surface area contributed by atoms with Gasteiger partial charge in [0.05, 0.1) is 16.8 Å². The number of nitrogens with one attached hydrogen (secondary N) is 2. The summed E-state index contributed by atoms with van der Waals surface area (Å²) in [5.74, 6) is -0.944. The lowest BCUT2D eigenvalue weighted by molar-refractivity contribution is 0.0734. The van der Waals surface area contributed by atoms with E-state index in [0.717, 1.165) is 15.4 Å². The molecule has 6 nitrogen and oxygen atoms in total. The van der Waals surface area contributed by atoms with Crippen LogP contribution in [0, 0.1) is 0 Å². The lowest BCUT2D eigenvalue weighted by atomic mass is 10.0. The van der Waals surface area contributed by atoms with Gasteiger partial charge in [-0.15, -0.1) is 0 Å². The summed E-state index contributed by atoms with van der Waals surface area (Å²) in [6, 6.07) is 22.4. The molecule has 0 spiro atoms. The minimum Gasteiger partial charge on any atom is -0.422 e. The van der Waals surface area contributed by atoms with Gasteiger partial charge in [0.25, 0.3) is 5.91 Å². The number of nitrogens with zero attached hydrogens (tertiary/aromatic N) is 1. The molecule has 0 unspecified atom stereocenters. The number of rotatable bonds is 6. The maximum atomic E-state index is 13.3. The zero-order valence-corrected chi connectivity index (χ0v) is 25.6. The standard InChI is InChI=1S/C29H16Br2Cl3N3O3/c30-16-6-10-25(40-29(39)20-8-7-18(32)13-23(20)34)15(11-16)14-35-37-28(38)27-26(19-3-1-2-4-22(19)33)21-12-17(31)5-9-24(21)36-27/h1-14,36H,(H,37,38). The van der Waals surface area contributed by atoms with Crippen LogP contribution in [-0.4, -0.2) is 23.1 Å². The van der Waals surface area contributed by atoms with Crippen molar-refractivity contribution in [2.75, 3.05) is 0 Å². The molecule has 0 aliphatic heterocycles. The number of ether oxygens (including phenoxy) is 1. The highest BCUT2D eigenvalue weighted by molar-refractivity contribution is 9.10. The minimum atomic E-state index is -0.670. The van der Waals surface area contributed by atoms with Gasteiger partial charge in [0.1, 0.15) is 11.4 Å². The number of halogens is 5. The van der Waals surface area contributed by atoms with E-state index in [1.54, 1.807) is 30.3 Å². The summed E-state index contributed by atoms with van der Waals surface area (Å²) in [7, 11) is 0. The molecule has 11 heteroatoms. The Morgan fingerprint density at radius 1 is 0.875 bits per heavy atom. The monoisotopic (exact) mass is 717 g/mol. The molecule has 0 saturated heterocycles. The van der Waals surface area contributed by atoms with Gasteiger partial charge in [0, 0.05) is 46.6 Å². The van der Waals surface area contributed by atoms with Crippen molar-refractivity contribution in [3.63, 3.8) is 0 Å². The third-order valence-electron chi connectivity index (χ3n) is 5.83. The zero-order valence-electron chi connectivity index (χ0n) is 20.1. The first-order valence-corrected chi connectivity index (χ1v) is 14.3. The summed E-state index contributed by atoms with van der Waals surface area (Å²) in [6.45, 7) is 0. The Hall–Kier alpha value is -3.14. The Morgan fingerprint density at radius 3 is 2.40 bits per heavy atom. The summed E-state index contributed by atoms with van der Waals surface area (Å²) in [4.78, 5) is 29.3. The number of amides is 1. The highest BCUT2D eigenvalue weighted by Crippen LogP contribution is 2.37. The Morgan fingerprint density at radius 2 is 1.62 bits per heavy atom. The van der Waals surface area contributed by atoms with Crippen LogP contribution in [0.5, 0.6) is 5.75 Å². The number of carbonyl (C=O) groups is 2. The molecule has 200 valence electrons. The molecule has 0 aliphatic rings. The van der Waals surface area contributed by atoms with E-state index in [4.69, 9.17) is 39.5 Å². The summed E-state index contributed by atoms with van der Waals surface area (Å²) in [5, 5.41) is 6.01. The van der Waals surface area contributed by atoms with Crippen molar-refractivity contribution in [1.82, 2.24) is 10.4 Å². The van der Waals surface area contributed by atoms with Crippen molar-refractivity contribution in [1.29, 1.82) is 0 Å². The number of aromatic nitrogens is 1. The largest absolute Gasteiger partial charge is 0.422 e. The van der Waals surface area contributed by atoms with E-state index in [1.807, 2.05) is 36.4 Å². The number of hydrogen-bond acceptors (Lipinski definition) is 4. The Balaban J connectivity index is 1.43. The second-order valence-corrected chi connectivity index (χ2v) is 11.5. The van der Waals surface area contributed by atoms with Gasteiger partial charge < -0.3 is 9.72 Å². The molecule has 5 aromatic rings. The van der Waals surface area contributed by atoms with Crippen molar-refractivity contribution in [2.24, 2.45) is 5.10 Å². The summed E-state index contributed by atoms with van der Waals surface area (Å²) < 4.78 is 7.14. The number of carbonyl (C=O) groups excluding carboxylic acids is 2. The predicted molar refractivity (Wildman–Crippen MR) is 167 cm³/mol. The van der Waals surface area contributed by atoms with E-state index in [-0.39, 0.29) is 22.0 Å². The second-order valence-electron chi connectivity index (χ2n) is 8.44. The van der Waals surface area contributed by atoms with Crippen LogP contribution in [0.4, 0.5) is 0 Å². The number of hydrazone groups is 1. The van der Waals surface area contributed by atoms with E-state index in [9.17, 15) is 9.59 Å². The first-order valence-electron chi connectivity index (χ1n) is 11.6. The highest BCUT2D eigenvalue weighted by atomic mass is 79.9. The van der Waals surface area contributed by atoms with Crippen molar-refractivity contribution in [3.05, 3.63) is 120 Å². The molecule has 0 radical (unpaired) electrons. The Kier molecular flexibility index (Phi) is 8.63. The van der Waals surface area contributed by atoms with Crippen LogP contribution in [0.25, 0.3) is 22.0 Å². The molecule has 0 fully saturated rings. The van der Waals surface area contributed by atoms with E-state index >= 15 is 0 Å². The Bertz CT molecular complexity index is 1820. The van der Waals surface area contributed by atoms with Gasteiger partial charge in [-0.3, -0.25) is 4.79 Å². The highest BCUT2D eigenvalue weighted by Gasteiger charge is 2.21. The SMILES string of the molecule is O=C(Oc1ccc(Br)cc1C=NNC(=O)c1[nH]c2ccc(Br)cc2c1-c1ccccc1Cl)c1ccc(Cl)cc1Cl. The molecular weight excluding hydrogens is 705 g/mol. The topological polar surface area (TPSA) is 83.5 Å². The second kappa shape index (κ2) is 12.2. The van der Waals surface area contributed by atoms with Gasteiger partial charge in [-0.25, -0.2) is 10.2 Å². The normalized spacial score (nSPS) is 11.2. The molecule has 1 aromatic heterocycles. The van der Waals surface area contributed by atoms with Crippen LogP contribution < -0.4 is 10.2 Å². The first kappa shape index (κ1) is 28.4. The molecule has 4 aromatic carbocycles. The molecule has 0 aliphatic carbocycles. The van der Waals surface area contributed by atoms with Crippen molar-refractivity contribution in [2.45, 2.75) is 0 Å². The third-order valence-corrected chi connectivity index (χ3v) is 7.69. The van der Waals surface area contributed by atoms with Crippen molar-refractivity contribution < 1.29 is 14.3 Å². The predicted octanol–water partition coefficient (Wildman–Crippen LogP) is 9.30. The van der Waals surface area contributed by atoms with Gasteiger partial charge in [-0.05, 0) is 60.7 Å². The van der Waals surface area contributed by atoms with Crippen molar-refractivity contribution in [3.8, 4) is 16.9 Å². The number of fused-ring (bicyclic) bond motifs is 1. The fraction of sp³-hybridized carbons (Fsp3) is 0. The quantitative estimate of drug-likeness (QED) is 0.0794. The van der Waals surface area contributed by atoms with Gasteiger partial charge in [0.15, 0.2) is 0 Å². The number of H-pyrrole nitrogens is 1. The van der Waals surface area contributed by atoms with Crippen LogP contribution in [0.2, 0.25) is 15.1 Å². The summed E-state index contributed by atoms with van der Waals surface area (Å²) in [5.41, 5.74) is 5.53. The van der Waals surface area contributed by atoms with E-state index in [2.05, 4.69) is 47.4 Å². The van der Waals surface area contributed by atoms with Crippen LogP contribution in [0.3, 0.4) is 0 Å². The molecule has 1 amide bonds. The molecule has 0 saturated carbocycles. The lowest BCUT2D eigenvalue weighted by Crippen LogP contribution is -2.19. The lowest BCUT2D eigenvalue weighted by Gasteiger charge is -2.09. The fourth-order valence-corrected chi connectivity index (χ4v) is 5.47. The zero-order chi connectivity index (χ0) is 28.4. The average molecular weight is 721 g/mol. The molecule has 40 heavy (non-hydrogen) atoms. The average Bonchev–Trinajstić information content (AvgIpc) is 3.28. The van der Waals surface area contributed by atoms with Crippen LogP contribution in [0.15, 0.2) is 92.9 Å². The maximum Gasteiger partial charge on any atom is 0.345 e. The number of esters is 1. The van der Waals surface area contributed by atoms with Gasteiger partial charge in [0.2, 0.25) is 0 Å². The molecule has 1 heterocycles. The smallest absolute Gasteiger partial charge is 0.345 e. The molecule has 2 N–H and O–H groups in total. The fourth-order valence-electron chi connectivity index (χ4n) is 4.02. The molecule has 5 rings (SSSR count). The minimum absolute atomic E-state index is 0.155. The van der Waals surface area contributed by atoms with E-state index in [0.29, 0.717) is 31.2 Å². The first-order chi connectivity index (χ1) is 19.2. The third kappa shape index (κ3) is 6.11. The molecule has 0 bridgehead atoms. The number of hydrogen-bond donors (Lipinski definition) is 2. The maximum absolute atomic E-state index is 13.3. The van der Waals surface area contributed by atoms with Crippen LogP contribution >= 0.6 is 66.7 Å². The molecule has 0 atom stereocenters. The van der Waals surface area contributed by atoms with Gasteiger partial charge in [-0.1, -0.05) is 84.9 Å². The number of benzene rings is 4. The molecular formula is C29H16Br2Cl3N3O3.